The molecule has 104 valence electrons. The predicted octanol–water partition coefficient (Wildman–Crippen LogP) is 3.35. The van der Waals surface area contributed by atoms with Gasteiger partial charge in [-0.2, -0.15) is 0 Å². The molecule has 1 aliphatic rings. The van der Waals surface area contributed by atoms with Crippen LogP contribution in [0.5, 0.6) is 5.75 Å². The second kappa shape index (κ2) is 6.73. The molecule has 0 spiro atoms. The second-order valence-corrected chi connectivity index (χ2v) is 8.50. The second-order valence-electron chi connectivity index (χ2n) is 4.93. The van der Waals surface area contributed by atoms with E-state index >= 15 is 0 Å². The van der Waals surface area contributed by atoms with Gasteiger partial charge in [0.15, 0.2) is 11.3 Å². The molecular weight excluding hydrogens is 583 g/mol. The van der Waals surface area contributed by atoms with Crippen LogP contribution < -0.4 is 10.5 Å². The number of rotatable bonds is 2. The summed E-state index contributed by atoms with van der Waals surface area (Å²) in [5.41, 5.74) is 3.57. The number of hydrogen-bond donors (Lipinski definition) is 1. The third-order valence-electron chi connectivity index (χ3n) is 3.40. The van der Waals surface area contributed by atoms with E-state index in [9.17, 15) is 4.79 Å². The van der Waals surface area contributed by atoms with Gasteiger partial charge in [-0.25, -0.2) is 4.79 Å². The highest BCUT2D eigenvalue weighted by atomic mass is 127. The average molecular weight is 598 g/mol. The molecule has 6 heteroatoms. The smallest absolute Gasteiger partial charge is 0.373 e. The van der Waals surface area contributed by atoms with Crippen molar-refractivity contribution in [2.75, 3.05) is 0 Å². The molecule has 0 atom stereocenters. The number of esters is 1. The topological polar surface area (TPSA) is 53.9 Å². The summed E-state index contributed by atoms with van der Waals surface area (Å²) >= 11 is 6.69. The van der Waals surface area contributed by atoms with E-state index in [1.807, 2.05) is 12.1 Å². The van der Waals surface area contributed by atoms with Crippen molar-refractivity contribution in [2.45, 2.75) is 37.6 Å². The van der Waals surface area contributed by atoms with Gasteiger partial charge in [-0.15, -0.1) is 0 Å². The van der Waals surface area contributed by atoms with Gasteiger partial charge in [0.2, 0.25) is 0 Å². The summed E-state index contributed by atoms with van der Waals surface area (Å²) in [5.74, 6) is 0.504. The van der Waals surface area contributed by atoms with Crippen molar-refractivity contribution >= 4 is 73.7 Å². The minimum atomic E-state index is -0.548. The molecule has 1 aromatic carbocycles. The molecule has 0 amide bonds. The lowest BCUT2D eigenvalue weighted by Crippen LogP contribution is -2.78. The number of benzene rings is 1. The third kappa shape index (κ3) is 3.94. The molecule has 0 unspecified atom stereocenters. The Balaban J connectivity index is 2.19. The molecule has 19 heavy (non-hydrogen) atoms. The Morgan fingerprint density at radius 1 is 1.11 bits per heavy atom. The van der Waals surface area contributed by atoms with Crippen LogP contribution in [0, 0.1) is 10.7 Å². The molecule has 0 heterocycles. The van der Waals surface area contributed by atoms with Gasteiger partial charge in [0.25, 0.3) is 0 Å². The number of carbonyl (C=O) groups is 1. The van der Waals surface area contributed by atoms with E-state index in [1.165, 1.54) is 6.42 Å². The summed E-state index contributed by atoms with van der Waals surface area (Å²) in [6, 6.07) is 4.03. The Bertz CT molecular complexity index is 476. The highest BCUT2D eigenvalue weighted by Gasteiger charge is 2.41. The molecule has 3 nitrogen and oxygen atoms in total. The molecule has 0 aliphatic heterocycles. The van der Waals surface area contributed by atoms with Gasteiger partial charge < -0.3 is 10.5 Å². The monoisotopic (exact) mass is 598 g/mol. The van der Waals surface area contributed by atoms with Crippen LogP contribution in [0.4, 0.5) is 0 Å². The van der Waals surface area contributed by atoms with E-state index in [2.05, 4.69) is 73.5 Å². The van der Waals surface area contributed by atoms with Crippen LogP contribution in [0.3, 0.4) is 0 Å². The molecule has 1 aliphatic carbocycles. The van der Waals surface area contributed by atoms with Crippen molar-refractivity contribution in [2.24, 2.45) is 0 Å². The first-order chi connectivity index (χ1) is 8.92. The van der Waals surface area contributed by atoms with Crippen molar-refractivity contribution in [1.82, 2.24) is 0 Å². The summed E-state index contributed by atoms with van der Waals surface area (Å²) in [6.07, 6.45) is 5.01. The third-order valence-corrected chi connectivity index (χ3v) is 5.63. The highest BCUT2D eigenvalue weighted by molar-refractivity contribution is 14.1. The molecule has 0 radical (unpaired) electrons. The maximum atomic E-state index is 12.4. The average Bonchev–Trinajstić information content (AvgIpc) is 2.34. The van der Waals surface area contributed by atoms with Gasteiger partial charge in [-0.3, -0.25) is 0 Å². The fraction of sp³-hybridized carbons (Fsp3) is 0.462. The van der Waals surface area contributed by atoms with Crippen molar-refractivity contribution in [1.29, 1.82) is 0 Å². The molecule has 1 fully saturated rings. The molecule has 2 rings (SSSR count). The molecule has 1 aromatic rings. The highest BCUT2D eigenvalue weighted by Crippen LogP contribution is 2.32. The largest absolute Gasteiger partial charge is 0.420 e. The number of carbonyl (C=O) groups excluding carboxylic acids is 1. The molecule has 3 N–H and O–H groups in total. The fourth-order valence-electron chi connectivity index (χ4n) is 2.26. The van der Waals surface area contributed by atoms with E-state index < -0.39 is 5.54 Å². The zero-order valence-corrected chi connectivity index (χ0v) is 16.8. The number of ether oxygens (including phenoxy) is 1. The minimum Gasteiger partial charge on any atom is -0.420 e. The molecule has 0 bridgehead atoms. The summed E-state index contributed by atoms with van der Waals surface area (Å²) in [7, 11) is 0. The quantitative estimate of drug-likeness (QED) is 0.323. The Hall–Kier alpha value is 0.840. The van der Waals surface area contributed by atoms with Crippen LogP contribution in [0.15, 0.2) is 12.1 Å². The van der Waals surface area contributed by atoms with Crippen LogP contribution in [-0.2, 0) is 4.79 Å². The summed E-state index contributed by atoms with van der Waals surface area (Å²) in [4.78, 5) is 12.4. The van der Waals surface area contributed by atoms with Crippen LogP contribution in [0.1, 0.15) is 32.1 Å². The molecule has 0 aromatic heterocycles. The summed E-state index contributed by atoms with van der Waals surface area (Å²) < 4.78 is 8.75. The summed E-state index contributed by atoms with van der Waals surface area (Å²) in [5, 5.41) is 0. The normalized spacial score (nSPS) is 18.1. The lowest BCUT2D eigenvalue weighted by molar-refractivity contribution is -0.467. The van der Waals surface area contributed by atoms with Crippen molar-refractivity contribution in [3.63, 3.8) is 0 Å². The number of quaternary nitrogens is 1. The van der Waals surface area contributed by atoms with Crippen LogP contribution >= 0.6 is 67.8 Å². The fourth-order valence-corrected chi connectivity index (χ4v) is 6.06. The van der Waals surface area contributed by atoms with E-state index in [0.29, 0.717) is 5.75 Å². The van der Waals surface area contributed by atoms with E-state index in [0.717, 1.165) is 36.4 Å². The Morgan fingerprint density at radius 2 is 1.63 bits per heavy atom. The van der Waals surface area contributed by atoms with Crippen molar-refractivity contribution in [3.8, 4) is 5.75 Å². The van der Waals surface area contributed by atoms with Crippen molar-refractivity contribution < 1.29 is 15.3 Å². The first-order valence-corrected chi connectivity index (χ1v) is 9.38. The van der Waals surface area contributed by atoms with Gasteiger partial charge in [-0.05, 0) is 92.7 Å². The number of halogens is 3. The van der Waals surface area contributed by atoms with Gasteiger partial charge in [-0.1, -0.05) is 6.42 Å². The Kier molecular flexibility index (Phi) is 5.75. The van der Waals surface area contributed by atoms with Crippen LogP contribution in [-0.4, -0.2) is 11.5 Å². The van der Waals surface area contributed by atoms with E-state index in [-0.39, 0.29) is 5.97 Å². The first kappa shape index (κ1) is 16.2. The molecule has 1 saturated carbocycles. The zero-order chi connectivity index (χ0) is 14.0. The first-order valence-electron chi connectivity index (χ1n) is 6.14. The lowest BCUT2D eigenvalue weighted by atomic mass is 9.83. The van der Waals surface area contributed by atoms with Gasteiger partial charge >= 0.3 is 5.97 Å². The number of hydrogen-bond acceptors (Lipinski definition) is 2. The molecular formula is C13H15I3NO2+. The van der Waals surface area contributed by atoms with Gasteiger partial charge in [0, 0.05) is 16.4 Å². The zero-order valence-electron chi connectivity index (χ0n) is 10.3. The predicted molar refractivity (Wildman–Crippen MR) is 98.9 cm³/mol. The lowest BCUT2D eigenvalue weighted by Gasteiger charge is -2.27. The van der Waals surface area contributed by atoms with Gasteiger partial charge in [0.1, 0.15) is 0 Å². The van der Waals surface area contributed by atoms with E-state index in [1.54, 1.807) is 0 Å². The Labute approximate surface area is 153 Å². The SMILES string of the molecule is [NH3+]C1(C(=O)Oc2c(I)cc(I)cc2I)CCCCC1. The minimum absolute atomic E-state index is 0.177. The van der Waals surface area contributed by atoms with Crippen LogP contribution in [0.2, 0.25) is 0 Å². The molecule has 0 saturated heterocycles. The maximum Gasteiger partial charge on any atom is 0.373 e. The van der Waals surface area contributed by atoms with Crippen LogP contribution in [0.25, 0.3) is 0 Å². The van der Waals surface area contributed by atoms with Crippen molar-refractivity contribution in [3.05, 3.63) is 22.8 Å². The van der Waals surface area contributed by atoms with E-state index in [4.69, 9.17) is 4.74 Å². The van der Waals surface area contributed by atoms with Gasteiger partial charge in [0.05, 0.1) is 7.14 Å². The standard InChI is InChI=1S/C13H14I3NO2/c14-8-6-9(15)11(10(16)7-8)19-12(18)13(17)4-2-1-3-5-13/h6-7H,1-5,17H2/p+1. The Morgan fingerprint density at radius 3 is 2.16 bits per heavy atom. The maximum absolute atomic E-state index is 12.4. The summed E-state index contributed by atoms with van der Waals surface area (Å²) in [6.45, 7) is 0.